The molecule has 0 saturated heterocycles. The first-order valence-corrected chi connectivity index (χ1v) is 8.88. The van der Waals surface area contributed by atoms with Crippen LogP contribution < -0.4 is 14.8 Å². The fourth-order valence-corrected chi connectivity index (χ4v) is 3.04. The van der Waals surface area contributed by atoms with Crippen LogP contribution in [0, 0.1) is 6.92 Å². The van der Waals surface area contributed by atoms with Crippen LogP contribution in [-0.4, -0.2) is 41.0 Å². The van der Waals surface area contributed by atoms with Crippen LogP contribution in [0.2, 0.25) is 0 Å². The lowest BCUT2D eigenvalue weighted by Gasteiger charge is -2.22. The SMILES string of the molecule is COc1ccc(C(CC(=O)O)NC(=O)c2cnn(C(C)(C)C)c2C)cc1OC. The summed E-state index contributed by atoms with van der Waals surface area (Å²) >= 11 is 0. The lowest BCUT2D eigenvalue weighted by Crippen LogP contribution is -2.31. The maximum atomic E-state index is 12.8. The van der Waals surface area contributed by atoms with Crippen LogP contribution in [0.1, 0.15) is 54.8 Å². The summed E-state index contributed by atoms with van der Waals surface area (Å²) < 4.78 is 12.3. The number of carboxylic acid groups (broad SMARTS) is 1. The van der Waals surface area contributed by atoms with E-state index in [1.165, 1.54) is 20.4 Å². The van der Waals surface area contributed by atoms with Crippen LogP contribution in [-0.2, 0) is 10.3 Å². The van der Waals surface area contributed by atoms with Crippen molar-refractivity contribution in [1.82, 2.24) is 15.1 Å². The molecule has 1 amide bonds. The highest BCUT2D eigenvalue weighted by molar-refractivity contribution is 5.95. The van der Waals surface area contributed by atoms with Crippen LogP contribution in [0.15, 0.2) is 24.4 Å². The Morgan fingerprint density at radius 2 is 1.86 bits per heavy atom. The van der Waals surface area contributed by atoms with Crippen molar-refractivity contribution in [2.45, 2.75) is 45.7 Å². The van der Waals surface area contributed by atoms with Crippen molar-refractivity contribution in [3.63, 3.8) is 0 Å². The number of ether oxygens (including phenoxy) is 2. The standard InChI is InChI=1S/C20H27N3O5/c1-12-14(11-21-23(12)20(2,3)4)19(26)22-15(10-18(24)25)13-7-8-16(27-5)17(9-13)28-6/h7-9,11,15H,10H2,1-6H3,(H,22,26)(H,24,25). The minimum Gasteiger partial charge on any atom is -0.493 e. The van der Waals surface area contributed by atoms with Gasteiger partial charge in [0, 0.05) is 5.69 Å². The number of carboxylic acids is 1. The van der Waals surface area contributed by atoms with Gasteiger partial charge in [0.25, 0.3) is 5.91 Å². The monoisotopic (exact) mass is 389 g/mol. The Bertz CT molecular complexity index is 867. The maximum Gasteiger partial charge on any atom is 0.305 e. The molecule has 0 saturated carbocycles. The van der Waals surface area contributed by atoms with Gasteiger partial charge in [-0.2, -0.15) is 5.10 Å². The molecule has 2 aromatic rings. The van der Waals surface area contributed by atoms with Gasteiger partial charge in [0.15, 0.2) is 11.5 Å². The van der Waals surface area contributed by atoms with Crippen molar-refractivity contribution in [1.29, 1.82) is 0 Å². The molecule has 152 valence electrons. The lowest BCUT2D eigenvalue weighted by molar-refractivity contribution is -0.137. The molecule has 0 aliphatic heterocycles. The Morgan fingerprint density at radius 3 is 2.36 bits per heavy atom. The number of amides is 1. The molecule has 0 radical (unpaired) electrons. The molecule has 0 fully saturated rings. The summed E-state index contributed by atoms with van der Waals surface area (Å²) in [5, 5.41) is 16.4. The van der Waals surface area contributed by atoms with E-state index >= 15 is 0 Å². The molecule has 1 aromatic heterocycles. The Morgan fingerprint density at radius 1 is 1.21 bits per heavy atom. The first-order valence-electron chi connectivity index (χ1n) is 8.88. The second-order valence-electron chi connectivity index (χ2n) is 7.46. The zero-order valence-electron chi connectivity index (χ0n) is 17.1. The lowest BCUT2D eigenvalue weighted by atomic mass is 10.0. The normalized spacial score (nSPS) is 12.4. The van der Waals surface area contributed by atoms with Crippen molar-refractivity contribution < 1.29 is 24.2 Å². The van der Waals surface area contributed by atoms with Gasteiger partial charge in [-0.3, -0.25) is 14.3 Å². The molecule has 1 heterocycles. The first-order chi connectivity index (χ1) is 13.1. The van der Waals surface area contributed by atoms with E-state index in [4.69, 9.17) is 9.47 Å². The van der Waals surface area contributed by atoms with Crippen LogP contribution in [0.5, 0.6) is 11.5 Å². The van der Waals surface area contributed by atoms with Gasteiger partial charge in [0.05, 0.1) is 44.0 Å². The van der Waals surface area contributed by atoms with Crippen molar-refractivity contribution in [2.75, 3.05) is 14.2 Å². The molecule has 8 heteroatoms. The summed E-state index contributed by atoms with van der Waals surface area (Å²) in [6.07, 6.45) is 1.23. The Kier molecular flexibility index (Phi) is 6.33. The number of hydrogen-bond acceptors (Lipinski definition) is 5. The predicted octanol–water partition coefficient (Wildman–Crippen LogP) is 2.91. The summed E-state index contributed by atoms with van der Waals surface area (Å²) in [6.45, 7) is 7.79. The molecule has 0 aliphatic rings. The summed E-state index contributed by atoms with van der Waals surface area (Å²) in [6, 6.07) is 4.32. The smallest absolute Gasteiger partial charge is 0.305 e. The number of methoxy groups -OCH3 is 2. The van der Waals surface area contributed by atoms with E-state index < -0.39 is 12.0 Å². The van der Waals surface area contributed by atoms with Gasteiger partial charge in [0.2, 0.25) is 0 Å². The fraction of sp³-hybridized carbons (Fsp3) is 0.450. The number of carbonyl (C=O) groups is 2. The Hall–Kier alpha value is -3.03. The number of rotatable bonds is 7. The number of carbonyl (C=O) groups excluding carboxylic acids is 1. The molecule has 2 N–H and O–H groups in total. The van der Waals surface area contributed by atoms with Crippen LogP contribution in [0.3, 0.4) is 0 Å². The van der Waals surface area contributed by atoms with Crippen LogP contribution in [0.25, 0.3) is 0 Å². The van der Waals surface area contributed by atoms with Gasteiger partial charge < -0.3 is 19.9 Å². The maximum absolute atomic E-state index is 12.8. The van der Waals surface area contributed by atoms with Gasteiger partial charge in [0.1, 0.15) is 0 Å². The minimum atomic E-state index is -1.03. The molecular formula is C20H27N3O5. The van der Waals surface area contributed by atoms with Gasteiger partial charge >= 0.3 is 5.97 Å². The minimum absolute atomic E-state index is 0.270. The van der Waals surface area contributed by atoms with Crippen molar-refractivity contribution in [3.8, 4) is 11.5 Å². The highest BCUT2D eigenvalue weighted by Gasteiger charge is 2.25. The average molecular weight is 389 g/mol. The fourth-order valence-electron chi connectivity index (χ4n) is 3.04. The van der Waals surface area contributed by atoms with Gasteiger partial charge in [-0.25, -0.2) is 0 Å². The average Bonchev–Trinajstić information content (AvgIpc) is 3.02. The topological polar surface area (TPSA) is 103 Å². The summed E-state index contributed by atoms with van der Waals surface area (Å²) in [5.41, 5.74) is 1.46. The van der Waals surface area contributed by atoms with E-state index in [0.717, 1.165) is 0 Å². The van der Waals surface area contributed by atoms with Crippen molar-refractivity contribution in [3.05, 3.63) is 41.2 Å². The largest absolute Gasteiger partial charge is 0.493 e. The second-order valence-corrected chi connectivity index (χ2v) is 7.46. The molecule has 2 rings (SSSR count). The molecule has 0 spiro atoms. The number of benzene rings is 1. The zero-order valence-corrected chi connectivity index (χ0v) is 17.1. The number of aromatic nitrogens is 2. The summed E-state index contributed by atoms with van der Waals surface area (Å²) in [5.74, 6) is -0.424. The Labute approximate surface area is 164 Å². The molecule has 0 aliphatic carbocycles. The molecular weight excluding hydrogens is 362 g/mol. The molecule has 1 atom stereocenters. The van der Waals surface area contributed by atoms with Gasteiger partial charge in [-0.05, 0) is 45.4 Å². The highest BCUT2D eigenvalue weighted by Crippen LogP contribution is 2.31. The third kappa shape index (κ3) is 4.62. The molecule has 1 unspecified atom stereocenters. The quantitative estimate of drug-likeness (QED) is 0.755. The van der Waals surface area contributed by atoms with Crippen molar-refractivity contribution >= 4 is 11.9 Å². The highest BCUT2D eigenvalue weighted by atomic mass is 16.5. The third-order valence-corrected chi connectivity index (χ3v) is 4.38. The van der Waals surface area contributed by atoms with E-state index in [2.05, 4.69) is 10.4 Å². The number of hydrogen-bond donors (Lipinski definition) is 2. The van der Waals surface area contributed by atoms with E-state index in [1.807, 2.05) is 27.7 Å². The van der Waals surface area contributed by atoms with E-state index in [1.54, 1.807) is 22.9 Å². The third-order valence-electron chi connectivity index (χ3n) is 4.38. The van der Waals surface area contributed by atoms with Gasteiger partial charge in [-0.15, -0.1) is 0 Å². The second kappa shape index (κ2) is 8.33. The molecule has 8 nitrogen and oxygen atoms in total. The summed E-state index contributed by atoms with van der Waals surface area (Å²) in [4.78, 5) is 24.2. The Balaban J connectivity index is 2.34. The zero-order chi connectivity index (χ0) is 21.1. The predicted molar refractivity (Wildman–Crippen MR) is 104 cm³/mol. The molecule has 1 aromatic carbocycles. The van der Waals surface area contributed by atoms with Gasteiger partial charge in [-0.1, -0.05) is 6.07 Å². The van der Waals surface area contributed by atoms with E-state index in [0.29, 0.717) is 28.3 Å². The summed E-state index contributed by atoms with van der Waals surface area (Å²) in [7, 11) is 3.01. The number of aliphatic carboxylic acids is 1. The first kappa shape index (κ1) is 21.3. The van der Waals surface area contributed by atoms with E-state index in [9.17, 15) is 14.7 Å². The molecule has 0 bridgehead atoms. The number of nitrogens with zero attached hydrogens (tertiary/aromatic N) is 2. The molecule has 28 heavy (non-hydrogen) atoms. The van der Waals surface area contributed by atoms with Crippen LogP contribution in [0.4, 0.5) is 0 Å². The number of nitrogens with one attached hydrogen (secondary N) is 1. The van der Waals surface area contributed by atoms with Crippen molar-refractivity contribution in [2.24, 2.45) is 0 Å². The van der Waals surface area contributed by atoms with Crippen LogP contribution >= 0.6 is 0 Å². The van der Waals surface area contributed by atoms with E-state index in [-0.39, 0.29) is 17.9 Å².